The molecular formula is C11H21N3+2. The summed E-state index contributed by atoms with van der Waals surface area (Å²) >= 11 is 0. The van der Waals surface area contributed by atoms with Crippen molar-refractivity contribution in [3.05, 3.63) is 30.1 Å². The van der Waals surface area contributed by atoms with Crippen LogP contribution in [0.4, 0.5) is 0 Å². The van der Waals surface area contributed by atoms with E-state index >= 15 is 0 Å². The van der Waals surface area contributed by atoms with Crippen molar-refractivity contribution < 1.29 is 10.6 Å². The molecule has 1 heterocycles. The molecule has 0 fully saturated rings. The maximum Gasteiger partial charge on any atom is 0.0823 e. The van der Waals surface area contributed by atoms with Gasteiger partial charge in [0.1, 0.15) is 0 Å². The largest absolute Gasteiger partial charge is 0.357 e. The Morgan fingerprint density at radius 3 is 2.64 bits per heavy atom. The van der Waals surface area contributed by atoms with Gasteiger partial charge in [0, 0.05) is 25.2 Å². The normalized spacial score (nSPS) is 12.7. The van der Waals surface area contributed by atoms with E-state index in [9.17, 15) is 0 Å². The van der Waals surface area contributed by atoms with Crippen LogP contribution >= 0.6 is 0 Å². The summed E-state index contributed by atoms with van der Waals surface area (Å²) in [4.78, 5) is 5.60. The van der Waals surface area contributed by atoms with Crippen LogP contribution in [0.3, 0.4) is 0 Å². The highest BCUT2D eigenvalue weighted by Crippen LogP contribution is 1.94. The second kappa shape index (κ2) is 6.51. The third kappa shape index (κ3) is 4.35. The average Bonchev–Trinajstić information content (AvgIpc) is 2.25. The smallest absolute Gasteiger partial charge is 0.0823 e. The molecule has 0 amide bonds. The van der Waals surface area contributed by atoms with Crippen molar-refractivity contribution >= 4 is 0 Å². The van der Waals surface area contributed by atoms with Gasteiger partial charge < -0.3 is 10.6 Å². The van der Waals surface area contributed by atoms with Crippen LogP contribution in [0.1, 0.15) is 12.0 Å². The van der Waals surface area contributed by atoms with E-state index in [0.29, 0.717) is 0 Å². The number of likely N-dealkylation sites (N-methyl/N-ethyl adjacent to an activating group) is 1. The number of hydrogen-bond donors (Lipinski definition) is 2. The molecule has 0 bridgehead atoms. The van der Waals surface area contributed by atoms with E-state index in [4.69, 9.17) is 0 Å². The lowest BCUT2D eigenvalue weighted by atomic mass is 10.2. The molecular weight excluding hydrogens is 174 g/mol. The van der Waals surface area contributed by atoms with Gasteiger partial charge in [-0.2, -0.15) is 0 Å². The predicted octanol–water partition coefficient (Wildman–Crippen LogP) is -1.23. The summed E-state index contributed by atoms with van der Waals surface area (Å²) in [5, 5.41) is 0. The lowest BCUT2D eigenvalue weighted by Crippen LogP contribution is -3.09. The number of nitrogens with zero attached hydrogens (tertiary/aromatic N) is 1. The Morgan fingerprint density at radius 1 is 1.29 bits per heavy atom. The molecule has 3 nitrogen and oxygen atoms in total. The number of rotatable bonds is 6. The molecule has 0 saturated carbocycles. The Morgan fingerprint density at radius 2 is 2.00 bits per heavy atom. The molecule has 0 aliphatic heterocycles. The first kappa shape index (κ1) is 11.1. The zero-order chi connectivity index (χ0) is 10.2. The highest BCUT2D eigenvalue weighted by molar-refractivity contribution is 5.09. The number of hydrogen-bond acceptors (Lipinski definition) is 1. The van der Waals surface area contributed by atoms with Gasteiger partial charge in [0.25, 0.3) is 0 Å². The first-order valence-electron chi connectivity index (χ1n) is 5.32. The second-order valence-corrected chi connectivity index (χ2v) is 3.77. The van der Waals surface area contributed by atoms with Gasteiger partial charge in [0.2, 0.25) is 0 Å². The molecule has 3 heteroatoms. The Hall–Kier alpha value is -0.930. The Bertz CT molecular complexity index is 236. The summed E-state index contributed by atoms with van der Waals surface area (Å²) < 4.78 is 0. The van der Waals surface area contributed by atoms with Crippen LogP contribution in [0.5, 0.6) is 0 Å². The molecule has 0 aliphatic carbocycles. The van der Waals surface area contributed by atoms with Crippen molar-refractivity contribution in [2.45, 2.75) is 12.8 Å². The molecule has 0 aliphatic rings. The molecule has 0 radical (unpaired) electrons. The SMILES string of the molecule is C[NH+](CCC[NH3+])CCc1ccncc1. The molecule has 1 atom stereocenters. The number of nitrogens with one attached hydrogen (secondary N) is 1. The van der Waals surface area contributed by atoms with E-state index in [-0.39, 0.29) is 0 Å². The fourth-order valence-electron chi connectivity index (χ4n) is 1.46. The number of quaternary nitrogens is 2. The molecule has 0 aromatic carbocycles. The summed E-state index contributed by atoms with van der Waals surface area (Å²) in [5.74, 6) is 0. The number of aromatic nitrogens is 1. The van der Waals surface area contributed by atoms with Crippen molar-refractivity contribution in [3.8, 4) is 0 Å². The molecule has 78 valence electrons. The number of pyridine rings is 1. The second-order valence-electron chi connectivity index (χ2n) is 3.77. The lowest BCUT2D eigenvalue weighted by Gasteiger charge is -2.12. The fraction of sp³-hybridized carbons (Fsp3) is 0.545. The van der Waals surface area contributed by atoms with Crippen LogP contribution < -0.4 is 10.6 Å². The minimum Gasteiger partial charge on any atom is -0.357 e. The van der Waals surface area contributed by atoms with Gasteiger partial charge in [0.15, 0.2) is 0 Å². The molecule has 1 aromatic heterocycles. The highest BCUT2D eigenvalue weighted by atomic mass is 15.1. The van der Waals surface area contributed by atoms with Crippen LogP contribution in [-0.2, 0) is 6.42 Å². The minimum atomic E-state index is 1.05. The summed E-state index contributed by atoms with van der Waals surface area (Å²) in [6.07, 6.45) is 6.09. The summed E-state index contributed by atoms with van der Waals surface area (Å²) in [7, 11) is 2.25. The van der Waals surface area contributed by atoms with Crippen LogP contribution in [0, 0.1) is 0 Å². The molecule has 0 spiro atoms. The topological polar surface area (TPSA) is 45.0 Å². The third-order valence-corrected chi connectivity index (χ3v) is 2.44. The first-order chi connectivity index (χ1) is 6.83. The van der Waals surface area contributed by atoms with Gasteiger partial charge in [-0.15, -0.1) is 0 Å². The van der Waals surface area contributed by atoms with Gasteiger partial charge >= 0.3 is 0 Å². The van der Waals surface area contributed by atoms with E-state index < -0.39 is 0 Å². The van der Waals surface area contributed by atoms with Crippen molar-refractivity contribution in [3.63, 3.8) is 0 Å². The van der Waals surface area contributed by atoms with E-state index in [1.54, 1.807) is 4.90 Å². The zero-order valence-electron chi connectivity index (χ0n) is 9.00. The van der Waals surface area contributed by atoms with Gasteiger partial charge in [0.05, 0.1) is 26.7 Å². The lowest BCUT2D eigenvalue weighted by molar-refractivity contribution is -0.880. The van der Waals surface area contributed by atoms with E-state index in [1.807, 2.05) is 12.4 Å². The van der Waals surface area contributed by atoms with Crippen LogP contribution in [0.25, 0.3) is 0 Å². The van der Waals surface area contributed by atoms with Crippen LogP contribution in [-0.4, -0.2) is 31.7 Å². The van der Waals surface area contributed by atoms with Crippen molar-refractivity contribution in [1.29, 1.82) is 0 Å². The first-order valence-corrected chi connectivity index (χ1v) is 5.32. The van der Waals surface area contributed by atoms with Crippen LogP contribution in [0.15, 0.2) is 24.5 Å². The maximum absolute atomic E-state index is 4.01. The predicted molar refractivity (Wildman–Crippen MR) is 56.9 cm³/mol. The fourth-order valence-corrected chi connectivity index (χ4v) is 1.46. The zero-order valence-corrected chi connectivity index (χ0v) is 9.00. The van der Waals surface area contributed by atoms with Crippen molar-refractivity contribution in [2.75, 3.05) is 26.7 Å². The summed E-state index contributed by atoms with van der Waals surface area (Å²) in [6, 6.07) is 4.18. The highest BCUT2D eigenvalue weighted by Gasteiger charge is 2.01. The Balaban J connectivity index is 2.20. The average molecular weight is 195 g/mol. The summed E-state index contributed by atoms with van der Waals surface area (Å²) in [5.41, 5.74) is 5.24. The van der Waals surface area contributed by atoms with Gasteiger partial charge in [-0.25, -0.2) is 0 Å². The quantitative estimate of drug-likeness (QED) is 0.587. The minimum absolute atomic E-state index is 1.05. The molecule has 1 aromatic rings. The molecule has 1 rings (SSSR count). The standard InChI is InChI=1S/C11H19N3/c1-14(9-2-6-12)10-5-11-3-7-13-8-4-11/h3-4,7-8H,2,5-6,9-10,12H2,1H3/p+2. The Labute approximate surface area is 85.9 Å². The van der Waals surface area contributed by atoms with E-state index in [2.05, 4.69) is 29.9 Å². The maximum atomic E-state index is 4.01. The van der Waals surface area contributed by atoms with Crippen molar-refractivity contribution in [1.82, 2.24) is 4.98 Å². The van der Waals surface area contributed by atoms with E-state index in [1.165, 1.54) is 25.1 Å². The van der Waals surface area contributed by atoms with Gasteiger partial charge in [-0.05, 0) is 17.7 Å². The van der Waals surface area contributed by atoms with Crippen molar-refractivity contribution in [2.24, 2.45) is 0 Å². The monoisotopic (exact) mass is 195 g/mol. The molecule has 4 N–H and O–H groups in total. The third-order valence-electron chi connectivity index (χ3n) is 2.44. The molecule has 14 heavy (non-hydrogen) atoms. The van der Waals surface area contributed by atoms with E-state index in [0.717, 1.165) is 13.0 Å². The van der Waals surface area contributed by atoms with Gasteiger partial charge in [-0.1, -0.05) is 0 Å². The molecule has 1 unspecified atom stereocenters. The van der Waals surface area contributed by atoms with Crippen LogP contribution in [0.2, 0.25) is 0 Å². The summed E-state index contributed by atoms with van der Waals surface area (Å²) in [6.45, 7) is 3.48. The Kier molecular flexibility index (Phi) is 5.19. The van der Waals surface area contributed by atoms with Gasteiger partial charge in [-0.3, -0.25) is 4.98 Å². The molecule has 0 saturated heterocycles.